The fraction of sp³-hybridized carbons (Fsp3) is 0.625. The average molecular weight is 592 g/mol. The van der Waals surface area contributed by atoms with E-state index in [-0.39, 0.29) is 29.6 Å². The molecule has 2 aromatic heterocycles. The summed E-state index contributed by atoms with van der Waals surface area (Å²) in [6.45, 7) is 0. The molecule has 4 heterocycles. The van der Waals surface area contributed by atoms with Gasteiger partial charge in [-0.15, -0.1) is 0 Å². The highest BCUT2D eigenvalue weighted by molar-refractivity contribution is 7.22. The number of anilines is 1. The van der Waals surface area contributed by atoms with Crippen LogP contribution in [0.2, 0.25) is 0 Å². The number of hydrogen-bond donors (Lipinski definition) is 0. The molecule has 42 heavy (non-hydrogen) atoms. The Hall–Kier alpha value is -3.14. The highest BCUT2D eigenvalue weighted by Gasteiger charge is 2.49. The molecule has 9 rings (SSSR count). The highest BCUT2D eigenvalue weighted by Crippen LogP contribution is 2.54. The number of aromatic nitrogens is 2. The Bertz CT molecular complexity index is 1520. The predicted octanol–water partition coefficient (Wildman–Crippen LogP) is 6.54. The van der Waals surface area contributed by atoms with Crippen molar-refractivity contribution in [3.63, 3.8) is 0 Å². The predicted molar refractivity (Wildman–Crippen MR) is 157 cm³/mol. The van der Waals surface area contributed by atoms with Crippen LogP contribution in [0.5, 0.6) is 5.75 Å². The van der Waals surface area contributed by atoms with Gasteiger partial charge in [-0.25, -0.2) is 14.6 Å². The third kappa shape index (κ3) is 4.23. The molecule has 1 unspecified atom stereocenters. The summed E-state index contributed by atoms with van der Waals surface area (Å²) in [5, 5.41) is 5.54. The Labute approximate surface area is 248 Å². The zero-order chi connectivity index (χ0) is 28.6. The SMILES string of the molecule is COC(=O)c1cc2sc(N3[C@@H]4CC[C@H]3CC(OC(=O)c3c(C56CCC(CC5)CC6)noc3C3CC3)C4)nc2cc1OC. The number of carbonyl (C=O) groups excluding carboxylic acids is 2. The van der Waals surface area contributed by atoms with E-state index >= 15 is 0 Å². The second-order valence-corrected chi connectivity index (χ2v) is 14.1. The Morgan fingerprint density at radius 3 is 2.33 bits per heavy atom. The average Bonchev–Trinajstić information content (AvgIpc) is 3.51. The van der Waals surface area contributed by atoms with Gasteiger partial charge in [0.05, 0.1) is 24.4 Å². The largest absolute Gasteiger partial charge is 0.496 e. The van der Waals surface area contributed by atoms with Crippen LogP contribution < -0.4 is 9.64 Å². The first-order valence-electron chi connectivity index (χ1n) is 15.5. The maximum atomic E-state index is 13.9. The summed E-state index contributed by atoms with van der Waals surface area (Å²) >= 11 is 1.58. The third-order valence-corrected chi connectivity index (χ3v) is 11.8. The second-order valence-electron chi connectivity index (χ2n) is 13.1. The Morgan fingerprint density at radius 2 is 1.69 bits per heavy atom. The lowest BCUT2D eigenvalue weighted by molar-refractivity contribution is 0.0195. The molecule has 4 bridgehead atoms. The molecule has 3 aromatic rings. The van der Waals surface area contributed by atoms with Gasteiger partial charge in [0, 0.05) is 42.3 Å². The first-order chi connectivity index (χ1) is 20.5. The molecular formula is C32H37N3O6S. The number of thiazole rings is 1. The van der Waals surface area contributed by atoms with E-state index in [1.54, 1.807) is 18.4 Å². The lowest BCUT2D eigenvalue weighted by Crippen LogP contribution is -2.46. The van der Waals surface area contributed by atoms with Crippen molar-refractivity contribution in [2.24, 2.45) is 5.92 Å². The highest BCUT2D eigenvalue weighted by atomic mass is 32.1. The molecule has 2 saturated heterocycles. The molecule has 4 saturated carbocycles. The van der Waals surface area contributed by atoms with E-state index in [2.05, 4.69) is 10.1 Å². The quantitative estimate of drug-likeness (QED) is 0.283. The van der Waals surface area contributed by atoms with Crippen molar-refractivity contribution in [3.05, 3.63) is 34.7 Å². The van der Waals surface area contributed by atoms with Crippen LogP contribution in [0.4, 0.5) is 5.13 Å². The van der Waals surface area contributed by atoms with Gasteiger partial charge >= 0.3 is 11.9 Å². The molecule has 1 aromatic carbocycles. The molecule has 0 spiro atoms. The van der Waals surface area contributed by atoms with Crippen molar-refractivity contribution in [1.82, 2.24) is 10.1 Å². The molecule has 6 aliphatic rings. The van der Waals surface area contributed by atoms with Gasteiger partial charge in [-0.2, -0.15) is 0 Å². The first-order valence-corrected chi connectivity index (χ1v) is 16.3. The zero-order valence-electron chi connectivity index (χ0n) is 24.2. The van der Waals surface area contributed by atoms with Crippen LogP contribution in [-0.2, 0) is 14.9 Å². The number of fused-ring (bicyclic) bond motifs is 6. The van der Waals surface area contributed by atoms with E-state index in [1.165, 1.54) is 26.4 Å². The molecule has 0 amide bonds. The molecule has 0 N–H and O–H groups in total. The topological polar surface area (TPSA) is 104 Å². The number of methoxy groups -OCH3 is 2. The Kier molecular flexibility index (Phi) is 6.28. The lowest BCUT2D eigenvalue weighted by atomic mass is 9.59. The van der Waals surface area contributed by atoms with Gasteiger partial charge in [0.25, 0.3) is 0 Å². The summed E-state index contributed by atoms with van der Waals surface area (Å²) in [5.41, 5.74) is 2.73. The molecule has 6 fully saturated rings. The number of nitrogens with zero attached hydrogens (tertiary/aromatic N) is 3. The van der Waals surface area contributed by atoms with Crippen LogP contribution in [0, 0.1) is 5.92 Å². The van der Waals surface area contributed by atoms with E-state index in [4.69, 9.17) is 23.7 Å². The van der Waals surface area contributed by atoms with Crippen molar-refractivity contribution in [2.75, 3.05) is 19.1 Å². The van der Waals surface area contributed by atoms with Crippen LogP contribution in [0.1, 0.15) is 115 Å². The minimum Gasteiger partial charge on any atom is -0.496 e. The summed E-state index contributed by atoms with van der Waals surface area (Å²) in [6, 6.07) is 4.12. The molecule has 9 nitrogen and oxygen atoms in total. The van der Waals surface area contributed by atoms with Crippen molar-refractivity contribution in [1.29, 1.82) is 0 Å². The number of carbonyl (C=O) groups is 2. The number of benzene rings is 1. The van der Waals surface area contributed by atoms with Crippen LogP contribution in [0.3, 0.4) is 0 Å². The van der Waals surface area contributed by atoms with Gasteiger partial charge in [-0.3, -0.25) is 0 Å². The molecule has 10 heteroatoms. The van der Waals surface area contributed by atoms with E-state index < -0.39 is 5.97 Å². The maximum absolute atomic E-state index is 13.9. The van der Waals surface area contributed by atoms with Crippen LogP contribution in [0.25, 0.3) is 10.2 Å². The fourth-order valence-electron chi connectivity index (χ4n) is 8.33. The van der Waals surface area contributed by atoms with Crippen molar-refractivity contribution in [3.8, 4) is 5.75 Å². The molecule has 4 aliphatic carbocycles. The monoisotopic (exact) mass is 591 g/mol. The summed E-state index contributed by atoms with van der Waals surface area (Å²) in [4.78, 5) is 33.6. The van der Waals surface area contributed by atoms with E-state index in [0.29, 0.717) is 22.8 Å². The van der Waals surface area contributed by atoms with Gasteiger partial charge in [-0.05, 0) is 76.2 Å². The van der Waals surface area contributed by atoms with Gasteiger partial charge in [0.2, 0.25) is 0 Å². The molecule has 2 aliphatic heterocycles. The maximum Gasteiger partial charge on any atom is 0.344 e. The summed E-state index contributed by atoms with van der Waals surface area (Å²) < 4.78 is 23.6. The van der Waals surface area contributed by atoms with E-state index in [9.17, 15) is 9.59 Å². The van der Waals surface area contributed by atoms with Crippen molar-refractivity contribution < 1.29 is 28.3 Å². The molecule has 222 valence electrons. The smallest absolute Gasteiger partial charge is 0.344 e. The van der Waals surface area contributed by atoms with Crippen LogP contribution >= 0.6 is 11.3 Å². The Morgan fingerprint density at radius 1 is 0.976 bits per heavy atom. The Balaban J connectivity index is 1.03. The number of rotatable bonds is 7. The van der Waals surface area contributed by atoms with Gasteiger partial charge in [-0.1, -0.05) is 16.5 Å². The standard InChI is InChI=1S/C32H37N3O6S/c1-38-24-16-23-25(15-22(24)29(36)39-2)42-31(33-23)35-19-5-6-20(35)14-21(13-19)40-30(37)26-27(18-3-4-18)41-34-28(26)32-10-7-17(8-11-32)9-12-32/h15-21H,3-14H2,1-2H3/t17?,19-,20+,21?,32?. The number of hydrogen-bond acceptors (Lipinski definition) is 10. The zero-order valence-corrected chi connectivity index (χ0v) is 25.0. The normalized spacial score (nSPS) is 30.1. The lowest BCUT2D eigenvalue weighted by Gasteiger charge is -2.45. The fourth-order valence-corrected chi connectivity index (χ4v) is 9.46. The minimum atomic E-state index is -0.428. The number of piperidine rings is 1. The number of ether oxygens (including phenoxy) is 3. The number of esters is 2. The van der Waals surface area contributed by atoms with Gasteiger partial charge < -0.3 is 23.6 Å². The molecule has 3 atom stereocenters. The molecular weight excluding hydrogens is 554 g/mol. The van der Waals surface area contributed by atoms with Crippen molar-refractivity contribution >= 4 is 38.6 Å². The second kappa shape index (κ2) is 9.96. The summed E-state index contributed by atoms with van der Waals surface area (Å²) in [6.07, 6.45) is 12.6. The van der Waals surface area contributed by atoms with Gasteiger partial charge in [0.1, 0.15) is 28.7 Å². The van der Waals surface area contributed by atoms with Gasteiger partial charge in [0.15, 0.2) is 10.9 Å². The van der Waals surface area contributed by atoms with E-state index in [0.717, 1.165) is 90.5 Å². The minimum absolute atomic E-state index is 0.0224. The van der Waals surface area contributed by atoms with E-state index in [1.807, 2.05) is 12.1 Å². The van der Waals surface area contributed by atoms with Crippen LogP contribution in [0.15, 0.2) is 16.7 Å². The summed E-state index contributed by atoms with van der Waals surface area (Å²) in [5.74, 6) is 1.72. The molecule has 0 radical (unpaired) electrons. The summed E-state index contributed by atoms with van der Waals surface area (Å²) in [7, 11) is 2.91. The third-order valence-electron chi connectivity index (χ3n) is 10.8. The first kappa shape index (κ1) is 26.5. The van der Waals surface area contributed by atoms with Crippen LogP contribution in [-0.4, -0.2) is 54.5 Å². The van der Waals surface area contributed by atoms with Crippen molar-refractivity contribution in [2.45, 2.75) is 107 Å².